The molecule has 2 atom stereocenters. The number of halogens is 1. The molecule has 1 heterocycles. The van der Waals surface area contributed by atoms with Crippen LogP contribution >= 0.6 is 11.6 Å². The molecular weight excluding hydrogens is 138 g/mol. The highest BCUT2D eigenvalue weighted by atomic mass is 35.5. The van der Waals surface area contributed by atoms with Gasteiger partial charge in [-0.1, -0.05) is 11.6 Å². The first-order valence-corrected chi connectivity index (χ1v) is 3.60. The lowest BCUT2D eigenvalue weighted by Gasteiger charge is -2.30. The first-order chi connectivity index (χ1) is 4.18. The fraction of sp³-hybridized carbons (Fsp3) is 1.00. The molecular formula is C6H12ClNO. The highest BCUT2D eigenvalue weighted by molar-refractivity contribution is 6.19. The van der Waals surface area contributed by atoms with E-state index in [0.717, 1.165) is 13.1 Å². The number of ether oxygens (including phenoxy) is 1. The maximum Gasteiger partial charge on any atom is 0.144 e. The average Bonchev–Trinajstić information content (AvgIpc) is 1.59. The molecule has 0 aromatic rings. The van der Waals surface area contributed by atoms with Crippen molar-refractivity contribution in [2.45, 2.75) is 18.6 Å². The van der Waals surface area contributed by atoms with Crippen LogP contribution in [0.1, 0.15) is 6.92 Å². The van der Waals surface area contributed by atoms with E-state index in [9.17, 15) is 0 Å². The van der Waals surface area contributed by atoms with Gasteiger partial charge in [0.2, 0.25) is 0 Å². The van der Waals surface area contributed by atoms with Crippen LogP contribution in [0, 0.1) is 0 Å². The van der Waals surface area contributed by atoms with Gasteiger partial charge in [0.25, 0.3) is 0 Å². The van der Waals surface area contributed by atoms with E-state index >= 15 is 0 Å². The number of alkyl halides is 1. The number of nitrogens with zero attached hydrogens (tertiary/aromatic N) is 1. The number of hydrogen-bond donors (Lipinski definition) is 0. The monoisotopic (exact) mass is 149 g/mol. The summed E-state index contributed by atoms with van der Waals surface area (Å²) in [4.78, 5) is 2.17. The van der Waals surface area contributed by atoms with Crippen LogP contribution in [0.15, 0.2) is 0 Å². The van der Waals surface area contributed by atoms with Crippen molar-refractivity contribution in [1.29, 1.82) is 0 Å². The van der Waals surface area contributed by atoms with E-state index in [4.69, 9.17) is 16.3 Å². The fourth-order valence-corrected chi connectivity index (χ4v) is 1.51. The molecule has 0 aromatic carbocycles. The summed E-state index contributed by atoms with van der Waals surface area (Å²) >= 11 is 5.74. The van der Waals surface area contributed by atoms with Gasteiger partial charge < -0.3 is 4.74 Å². The number of rotatable bonds is 0. The van der Waals surface area contributed by atoms with Crippen LogP contribution in [0.2, 0.25) is 0 Å². The Labute approximate surface area is 60.7 Å². The third kappa shape index (κ3) is 2.12. The summed E-state index contributed by atoms with van der Waals surface area (Å²) in [5.74, 6) is 0. The molecule has 0 aliphatic carbocycles. The highest BCUT2D eigenvalue weighted by Gasteiger charge is 2.19. The SMILES string of the molecule is CC1CN(C)CC(Cl)O1. The first-order valence-electron chi connectivity index (χ1n) is 3.16. The van der Waals surface area contributed by atoms with Crippen LogP contribution in [0.25, 0.3) is 0 Å². The minimum absolute atomic E-state index is 0.112. The van der Waals surface area contributed by atoms with E-state index in [1.54, 1.807) is 0 Å². The van der Waals surface area contributed by atoms with Crippen molar-refractivity contribution in [2.75, 3.05) is 20.1 Å². The molecule has 2 unspecified atom stereocenters. The second-order valence-electron chi connectivity index (χ2n) is 2.58. The van der Waals surface area contributed by atoms with Crippen molar-refractivity contribution in [3.63, 3.8) is 0 Å². The Morgan fingerprint density at radius 3 is 2.67 bits per heavy atom. The van der Waals surface area contributed by atoms with Gasteiger partial charge in [-0.2, -0.15) is 0 Å². The molecule has 9 heavy (non-hydrogen) atoms. The van der Waals surface area contributed by atoms with Crippen molar-refractivity contribution in [1.82, 2.24) is 4.90 Å². The minimum atomic E-state index is -0.112. The summed E-state index contributed by atoms with van der Waals surface area (Å²) < 4.78 is 5.28. The molecule has 0 aromatic heterocycles. The van der Waals surface area contributed by atoms with Crippen LogP contribution in [0.5, 0.6) is 0 Å². The summed E-state index contributed by atoms with van der Waals surface area (Å²) in [5, 5.41) is 0. The summed E-state index contributed by atoms with van der Waals surface area (Å²) in [6.07, 6.45) is 0.284. The fourth-order valence-electron chi connectivity index (χ4n) is 1.10. The van der Waals surface area contributed by atoms with Gasteiger partial charge in [0.15, 0.2) is 0 Å². The van der Waals surface area contributed by atoms with Crippen LogP contribution in [0.4, 0.5) is 0 Å². The summed E-state index contributed by atoms with van der Waals surface area (Å²) in [6, 6.07) is 0. The smallest absolute Gasteiger partial charge is 0.144 e. The predicted octanol–water partition coefficient (Wildman–Crippen LogP) is 0.902. The second-order valence-corrected chi connectivity index (χ2v) is 3.06. The zero-order valence-electron chi connectivity index (χ0n) is 5.80. The van der Waals surface area contributed by atoms with Gasteiger partial charge in [-0.15, -0.1) is 0 Å². The third-order valence-electron chi connectivity index (χ3n) is 1.40. The molecule has 0 bridgehead atoms. The van der Waals surface area contributed by atoms with Crippen LogP contribution in [-0.2, 0) is 4.74 Å². The third-order valence-corrected chi connectivity index (χ3v) is 1.64. The lowest BCUT2D eigenvalue weighted by atomic mass is 10.3. The normalized spacial score (nSPS) is 39.0. The minimum Gasteiger partial charge on any atom is -0.357 e. The van der Waals surface area contributed by atoms with Crippen LogP contribution in [0.3, 0.4) is 0 Å². The van der Waals surface area contributed by atoms with Gasteiger partial charge in [-0.3, -0.25) is 4.90 Å². The van der Waals surface area contributed by atoms with E-state index in [1.807, 2.05) is 6.92 Å². The molecule has 0 N–H and O–H groups in total. The van der Waals surface area contributed by atoms with Crippen molar-refractivity contribution < 1.29 is 4.74 Å². The number of hydrogen-bond acceptors (Lipinski definition) is 2. The van der Waals surface area contributed by atoms with Crippen LogP contribution in [-0.4, -0.2) is 36.7 Å². The van der Waals surface area contributed by atoms with E-state index in [1.165, 1.54) is 0 Å². The lowest BCUT2D eigenvalue weighted by molar-refractivity contribution is -0.0307. The van der Waals surface area contributed by atoms with Gasteiger partial charge >= 0.3 is 0 Å². The molecule has 2 nitrogen and oxygen atoms in total. The molecule has 0 amide bonds. The van der Waals surface area contributed by atoms with Gasteiger partial charge in [-0.05, 0) is 14.0 Å². The van der Waals surface area contributed by atoms with Gasteiger partial charge in [0.05, 0.1) is 6.10 Å². The Balaban J connectivity index is 2.34. The molecule has 1 saturated heterocycles. The molecule has 1 rings (SSSR count). The number of morpholine rings is 1. The van der Waals surface area contributed by atoms with Crippen molar-refractivity contribution in [3.05, 3.63) is 0 Å². The largest absolute Gasteiger partial charge is 0.357 e. The summed E-state index contributed by atoms with van der Waals surface area (Å²) in [6.45, 7) is 3.86. The Bertz CT molecular complexity index is 74.0. The molecule has 0 saturated carbocycles. The van der Waals surface area contributed by atoms with Crippen molar-refractivity contribution >= 4 is 11.6 Å². The lowest BCUT2D eigenvalue weighted by Crippen LogP contribution is -2.42. The molecule has 1 fully saturated rings. The van der Waals surface area contributed by atoms with Gasteiger partial charge in [0.1, 0.15) is 5.56 Å². The Morgan fingerprint density at radius 1 is 1.56 bits per heavy atom. The highest BCUT2D eigenvalue weighted by Crippen LogP contribution is 2.11. The topological polar surface area (TPSA) is 12.5 Å². The zero-order chi connectivity index (χ0) is 6.85. The molecule has 3 heteroatoms. The molecule has 0 radical (unpaired) electrons. The Morgan fingerprint density at radius 2 is 2.22 bits per heavy atom. The Kier molecular flexibility index (Phi) is 2.33. The van der Waals surface area contributed by atoms with Gasteiger partial charge in [-0.25, -0.2) is 0 Å². The molecule has 0 spiro atoms. The number of likely N-dealkylation sites (N-methyl/N-ethyl adjacent to an activating group) is 1. The van der Waals surface area contributed by atoms with Crippen LogP contribution < -0.4 is 0 Å². The maximum atomic E-state index is 5.74. The predicted molar refractivity (Wildman–Crippen MR) is 37.7 cm³/mol. The maximum absolute atomic E-state index is 5.74. The molecule has 1 aliphatic heterocycles. The Hall–Kier alpha value is 0.210. The van der Waals surface area contributed by atoms with Crippen molar-refractivity contribution in [3.8, 4) is 0 Å². The van der Waals surface area contributed by atoms with Crippen molar-refractivity contribution in [2.24, 2.45) is 0 Å². The van der Waals surface area contributed by atoms with E-state index in [0.29, 0.717) is 0 Å². The molecule has 1 aliphatic rings. The average molecular weight is 150 g/mol. The molecule has 54 valence electrons. The summed E-state index contributed by atoms with van der Waals surface area (Å²) in [7, 11) is 2.05. The van der Waals surface area contributed by atoms with E-state index in [2.05, 4.69) is 11.9 Å². The zero-order valence-corrected chi connectivity index (χ0v) is 6.56. The van der Waals surface area contributed by atoms with Gasteiger partial charge in [0, 0.05) is 13.1 Å². The quantitative estimate of drug-likeness (QED) is 0.475. The first kappa shape index (κ1) is 7.32. The van der Waals surface area contributed by atoms with E-state index in [-0.39, 0.29) is 11.7 Å². The summed E-state index contributed by atoms with van der Waals surface area (Å²) in [5.41, 5.74) is -0.112. The van der Waals surface area contributed by atoms with E-state index < -0.39 is 0 Å². The second kappa shape index (κ2) is 2.86. The standard InChI is InChI=1S/C6H12ClNO/c1-5-3-8(2)4-6(7)9-5/h5-6H,3-4H2,1-2H3.